The predicted octanol–water partition coefficient (Wildman–Crippen LogP) is 1.44. The monoisotopic (exact) mass is 188 g/mol. The summed E-state index contributed by atoms with van der Waals surface area (Å²) < 4.78 is 1.87. The van der Waals surface area contributed by atoms with Crippen LogP contribution in [0.25, 0.3) is 10.9 Å². The van der Waals surface area contributed by atoms with Gasteiger partial charge in [-0.3, -0.25) is 4.79 Å². The molecule has 0 unspecified atom stereocenters. The first kappa shape index (κ1) is 8.81. The van der Waals surface area contributed by atoms with Crippen LogP contribution in [0.1, 0.15) is 5.56 Å². The van der Waals surface area contributed by atoms with Crippen molar-refractivity contribution in [1.29, 1.82) is 0 Å². The number of rotatable bonds is 2. The van der Waals surface area contributed by atoms with E-state index >= 15 is 0 Å². The molecule has 2 N–H and O–H groups in total. The van der Waals surface area contributed by atoms with Crippen molar-refractivity contribution in [3.63, 3.8) is 0 Å². The molecule has 2 rings (SSSR count). The number of nitrogens with zero attached hydrogens (tertiary/aromatic N) is 1. The van der Waals surface area contributed by atoms with E-state index in [9.17, 15) is 4.79 Å². The Labute approximate surface area is 82.1 Å². The second-order valence-corrected chi connectivity index (χ2v) is 3.47. The van der Waals surface area contributed by atoms with Crippen LogP contribution >= 0.6 is 0 Å². The Morgan fingerprint density at radius 2 is 2.21 bits per heavy atom. The minimum absolute atomic E-state index is 0.243. The average molecular weight is 188 g/mol. The maximum absolute atomic E-state index is 10.8. The van der Waals surface area contributed by atoms with Crippen molar-refractivity contribution in [3.8, 4) is 0 Å². The number of aryl methyl sites for hydroxylation is 1. The Kier molecular flexibility index (Phi) is 2.00. The van der Waals surface area contributed by atoms with E-state index in [1.165, 1.54) is 5.56 Å². The summed E-state index contributed by atoms with van der Waals surface area (Å²) in [6.07, 6.45) is 1.88. The number of benzene rings is 1. The Morgan fingerprint density at radius 1 is 1.43 bits per heavy atom. The lowest BCUT2D eigenvalue weighted by molar-refractivity contribution is -0.118. The smallest absolute Gasteiger partial charge is 0.237 e. The number of fused-ring (bicyclic) bond motifs is 1. The highest BCUT2D eigenvalue weighted by atomic mass is 16.1. The first-order valence-corrected chi connectivity index (χ1v) is 4.50. The highest BCUT2D eigenvalue weighted by Crippen LogP contribution is 2.16. The molecule has 0 fully saturated rings. The first-order valence-electron chi connectivity index (χ1n) is 4.50. The Morgan fingerprint density at radius 3 is 2.93 bits per heavy atom. The van der Waals surface area contributed by atoms with E-state index in [1.54, 1.807) is 0 Å². The maximum Gasteiger partial charge on any atom is 0.237 e. The lowest BCUT2D eigenvalue weighted by atomic mass is 10.2. The zero-order valence-corrected chi connectivity index (χ0v) is 8.03. The number of carbonyl (C=O) groups is 1. The zero-order chi connectivity index (χ0) is 10.1. The molecule has 1 amide bonds. The molecule has 1 heterocycles. The number of hydrogen-bond acceptors (Lipinski definition) is 1. The molecule has 0 saturated heterocycles. The van der Waals surface area contributed by atoms with Crippen LogP contribution in [0.2, 0.25) is 0 Å². The fraction of sp³-hybridized carbons (Fsp3) is 0.182. The number of aromatic nitrogens is 1. The molecule has 0 atom stereocenters. The lowest BCUT2D eigenvalue weighted by Gasteiger charge is -2.02. The molecule has 0 saturated carbocycles. The molecule has 1 aromatic heterocycles. The van der Waals surface area contributed by atoms with E-state index in [0.717, 1.165) is 10.9 Å². The minimum atomic E-state index is -0.316. The normalized spacial score (nSPS) is 10.6. The summed E-state index contributed by atoms with van der Waals surface area (Å²) in [5.74, 6) is -0.316. The van der Waals surface area contributed by atoms with Gasteiger partial charge in [-0.25, -0.2) is 0 Å². The molecule has 3 nitrogen and oxygen atoms in total. The van der Waals surface area contributed by atoms with Gasteiger partial charge in [0.25, 0.3) is 0 Å². The fourth-order valence-corrected chi connectivity index (χ4v) is 1.60. The van der Waals surface area contributed by atoms with Crippen molar-refractivity contribution < 1.29 is 4.79 Å². The third kappa shape index (κ3) is 1.48. The predicted molar refractivity (Wildman–Crippen MR) is 55.9 cm³/mol. The average Bonchev–Trinajstić information content (AvgIpc) is 2.47. The largest absolute Gasteiger partial charge is 0.368 e. The standard InChI is InChI=1S/C11H12N2O/c1-8-2-3-9-4-5-13(7-11(12)14)10(9)6-8/h2-6H,7H2,1H3,(H2,12,14). The van der Waals surface area contributed by atoms with Crippen LogP contribution in [-0.2, 0) is 11.3 Å². The van der Waals surface area contributed by atoms with E-state index in [1.807, 2.05) is 29.8 Å². The van der Waals surface area contributed by atoms with Gasteiger partial charge in [0.05, 0.1) is 0 Å². The van der Waals surface area contributed by atoms with Crippen LogP contribution < -0.4 is 5.73 Å². The summed E-state index contributed by atoms with van der Waals surface area (Å²) in [5, 5.41) is 1.14. The fourth-order valence-electron chi connectivity index (χ4n) is 1.60. The van der Waals surface area contributed by atoms with Gasteiger partial charge in [0.15, 0.2) is 0 Å². The van der Waals surface area contributed by atoms with Crippen LogP contribution in [0.5, 0.6) is 0 Å². The van der Waals surface area contributed by atoms with Crippen LogP contribution in [-0.4, -0.2) is 10.5 Å². The van der Waals surface area contributed by atoms with Crippen molar-refractivity contribution in [2.75, 3.05) is 0 Å². The third-order valence-electron chi connectivity index (χ3n) is 2.26. The van der Waals surface area contributed by atoms with Gasteiger partial charge in [0, 0.05) is 11.7 Å². The van der Waals surface area contributed by atoms with Gasteiger partial charge in [0.2, 0.25) is 5.91 Å². The third-order valence-corrected chi connectivity index (χ3v) is 2.26. The summed E-state index contributed by atoms with van der Waals surface area (Å²) in [4.78, 5) is 10.8. The Balaban J connectivity index is 2.55. The van der Waals surface area contributed by atoms with Gasteiger partial charge in [-0.15, -0.1) is 0 Å². The first-order chi connectivity index (χ1) is 6.66. The lowest BCUT2D eigenvalue weighted by Crippen LogP contribution is -2.17. The molecule has 0 bridgehead atoms. The van der Waals surface area contributed by atoms with E-state index in [0.29, 0.717) is 0 Å². The molecular formula is C11H12N2O. The number of primary amides is 1. The minimum Gasteiger partial charge on any atom is -0.368 e. The summed E-state index contributed by atoms with van der Waals surface area (Å²) in [6.45, 7) is 2.27. The van der Waals surface area contributed by atoms with Crippen LogP contribution in [0.4, 0.5) is 0 Å². The quantitative estimate of drug-likeness (QED) is 0.761. The van der Waals surface area contributed by atoms with E-state index in [4.69, 9.17) is 5.73 Å². The molecule has 0 aliphatic carbocycles. The van der Waals surface area contributed by atoms with Gasteiger partial charge in [-0.1, -0.05) is 12.1 Å². The number of nitrogens with two attached hydrogens (primary N) is 1. The van der Waals surface area contributed by atoms with Crippen molar-refractivity contribution in [3.05, 3.63) is 36.0 Å². The summed E-state index contributed by atoms with van der Waals surface area (Å²) in [7, 11) is 0. The topological polar surface area (TPSA) is 48.0 Å². The van der Waals surface area contributed by atoms with Gasteiger partial charge >= 0.3 is 0 Å². The molecule has 3 heteroatoms. The SMILES string of the molecule is Cc1ccc2ccn(CC(N)=O)c2c1. The molecule has 2 aromatic rings. The van der Waals surface area contributed by atoms with Gasteiger partial charge in [0.1, 0.15) is 6.54 Å². The van der Waals surface area contributed by atoms with Crippen LogP contribution in [0.15, 0.2) is 30.5 Å². The number of hydrogen-bond donors (Lipinski definition) is 1. The van der Waals surface area contributed by atoms with Gasteiger partial charge in [-0.2, -0.15) is 0 Å². The van der Waals surface area contributed by atoms with Crippen molar-refractivity contribution in [1.82, 2.24) is 4.57 Å². The zero-order valence-electron chi connectivity index (χ0n) is 8.03. The highest BCUT2D eigenvalue weighted by molar-refractivity contribution is 5.83. The van der Waals surface area contributed by atoms with Gasteiger partial charge < -0.3 is 10.3 Å². The summed E-state index contributed by atoms with van der Waals surface area (Å²) >= 11 is 0. The second kappa shape index (κ2) is 3.18. The van der Waals surface area contributed by atoms with E-state index in [2.05, 4.69) is 12.1 Å². The van der Waals surface area contributed by atoms with Crippen LogP contribution in [0, 0.1) is 6.92 Å². The second-order valence-electron chi connectivity index (χ2n) is 3.47. The molecule has 72 valence electrons. The van der Waals surface area contributed by atoms with Crippen molar-refractivity contribution >= 4 is 16.8 Å². The molecular weight excluding hydrogens is 176 g/mol. The van der Waals surface area contributed by atoms with E-state index in [-0.39, 0.29) is 12.5 Å². The van der Waals surface area contributed by atoms with Gasteiger partial charge in [-0.05, 0) is 30.0 Å². The molecule has 0 radical (unpaired) electrons. The maximum atomic E-state index is 10.8. The summed E-state index contributed by atoms with van der Waals surface area (Å²) in [6, 6.07) is 8.13. The number of carbonyl (C=O) groups excluding carboxylic acids is 1. The molecule has 14 heavy (non-hydrogen) atoms. The number of amides is 1. The molecule has 0 aliphatic heterocycles. The van der Waals surface area contributed by atoms with Crippen LogP contribution in [0.3, 0.4) is 0 Å². The van der Waals surface area contributed by atoms with Crippen molar-refractivity contribution in [2.45, 2.75) is 13.5 Å². The molecule has 0 aliphatic rings. The van der Waals surface area contributed by atoms with Crippen molar-refractivity contribution in [2.24, 2.45) is 5.73 Å². The Bertz CT molecular complexity index is 485. The Hall–Kier alpha value is -1.77. The molecule has 0 spiro atoms. The summed E-state index contributed by atoms with van der Waals surface area (Å²) in [5.41, 5.74) is 7.39. The highest BCUT2D eigenvalue weighted by Gasteiger charge is 2.02. The molecule has 1 aromatic carbocycles. The van der Waals surface area contributed by atoms with E-state index < -0.39 is 0 Å².